The van der Waals surface area contributed by atoms with Crippen LogP contribution in [0.1, 0.15) is 0 Å². The Hall–Kier alpha value is -2.15. The molecule has 0 amide bonds. The van der Waals surface area contributed by atoms with Crippen molar-refractivity contribution >= 4 is 58.2 Å². The van der Waals surface area contributed by atoms with E-state index < -0.39 is 62.2 Å². The maximum atomic E-state index is 11.7. The number of aromatic hydroxyl groups is 1. The van der Waals surface area contributed by atoms with E-state index >= 15 is 0 Å². The van der Waals surface area contributed by atoms with Gasteiger partial charge in [-0.25, -0.2) is 25.3 Å². The third-order valence-electron chi connectivity index (χ3n) is 4.10. The molecule has 0 atom stereocenters. The summed E-state index contributed by atoms with van der Waals surface area (Å²) in [5.41, 5.74) is 4.36. The molecule has 3 rings (SSSR count). The third-order valence-corrected chi connectivity index (χ3v) is 6.62. The Balaban J connectivity index is 0.00000385. The van der Waals surface area contributed by atoms with Gasteiger partial charge in [0, 0.05) is 11.1 Å². The number of fused-ring (bicyclic) bond motifs is 1. The fraction of sp³-hybridized carbons (Fsp3) is 0. The second-order valence-electron chi connectivity index (χ2n) is 6.24. The second kappa shape index (κ2) is 9.24. The molecule has 0 unspecified atom stereocenters. The molecule has 0 aliphatic carbocycles. The summed E-state index contributed by atoms with van der Waals surface area (Å²) in [6, 6.07) is 6.05. The van der Waals surface area contributed by atoms with E-state index in [9.17, 15) is 44.0 Å². The van der Waals surface area contributed by atoms with Gasteiger partial charge < -0.3 is 24.5 Å². The van der Waals surface area contributed by atoms with Crippen molar-refractivity contribution in [3.63, 3.8) is 0 Å². The largest absolute Gasteiger partial charge is 1.00 e. The number of hydrogen-bond donors (Lipinski definition) is 2. The van der Waals surface area contributed by atoms with Crippen LogP contribution in [0.3, 0.4) is 0 Å². The van der Waals surface area contributed by atoms with Crippen LogP contribution in [0.2, 0.25) is 0 Å². The Morgan fingerprint density at radius 3 is 1.79 bits per heavy atom. The molecule has 0 aliphatic heterocycles. The molecule has 3 N–H and O–H groups in total. The number of rotatable bonds is 5. The maximum absolute atomic E-state index is 11.7. The molecule has 0 saturated carbocycles. The zero-order chi connectivity index (χ0) is 24.1. The van der Waals surface area contributed by atoms with Crippen molar-refractivity contribution in [3.8, 4) is 5.75 Å². The van der Waals surface area contributed by atoms with Gasteiger partial charge in [-0.05, 0) is 47.9 Å². The molecule has 0 aliphatic rings. The van der Waals surface area contributed by atoms with Crippen LogP contribution in [-0.2, 0) is 30.4 Å². The van der Waals surface area contributed by atoms with E-state index in [4.69, 9.17) is 5.73 Å². The van der Waals surface area contributed by atoms with Crippen molar-refractivity contribution in [2.45, 2.75) is 14.7 Å². The molecule has 13 nitrogen and oxygen atoms in total. The SMILES string of the molecule is Nc1cc(S(=O)(=O)[O-])cc2cc(S(=O)(=O)[O-])c(N=Nc3ccc(S(=O)(=O)[O-])cc3)c(O)c12.[Na+]. The van der Waals surface area contributed by atoms with Crippen LogP contribution < -0.4 is 35.3 Å². The van der Waals surface area contributed by atoms with Gasteiger partial charge in [-0.1, -0.05) is 0 Å². The predicted molar refractivity (Wildman–Crippen MR) is 105 cm³/mol. The van der Waals surface area contributed by atoms with Crippen LogP contribution >= 0.6 is 0 Å². The quantitative estimate of drug-likeness (QED) is 0.164. The predicted octanol–water partition coefficient (Wildman–Crippen LogP) is -1.74. The Morgan fingerprint density at radius 1 is 0.758 bits per heavy atom. The van der Waals surface area contributed by atoms with Crippen molar-refractivity contribution in [1.29, 1.82) is 0 Å². The van der Waals surface area contributed by atoms with E-state index in [1.807, 2.05) is 0 Å². The number of nitrogens with zero attached hydrogens (tertiary/aromatic N) is 2. The Morgan fingerprint density at radius 2 is 1.30 bits per heavy atom. The van der Waals surface area contributed by atoms with Gasteiger partial charge in [-0.3, -0.25) is 0 Å². The van der Waals surface area contributed by atoms with Gasteiger partial charge in [0.2, 0.25) is 0 Å². The number of nitrogens with two attached hydrogens (primary N) is 1. The standard InChI is InChI=1S/C16H13N3O10S3.Na/c17-12-7-11(31(24,25)26)5-8-6-13(32(27,28)29)15(16(20)14(8)12)19-18-9-1-3-10(4-2-9)30(21,22)23;/h1-7,20H,17H2,(H,21,22,23)(H,24,25,26)(H,27,28,29);/q;+1/p-3. The van der Waals surface area contributed by atoms with Crippen LogP contribution in [0.5, 0.6) is 5.75 Å². The molecular formula is C16H10N3NaO10S3-2. The van der Waals surface area contributed by atoms with Crippen molar-refractivity contribution in [3.05, 3.63) is 42.5 Å². The Bertz CT molecular complexity index is 1600. The molecule has 3 aromatic rings. The second-order valence-corrected chi connectivity index (χ2v) is 10.3. The van der Waals surface area contributed by atoms with E-state index in [1.54, 1.807) is 0 Å². The van der Waals surface area contributed by atoms with E-state index in [2.05, 4.69) is 10.2 Å². The molecule has 0 bridgehead atoms. The van der Waals surface area contributed by atoms with Crippen LogP contribution in [0, 0.1) is 0 Å². The number of phenolic OH excluding ortho intramolecular Hbond substituents is 1. The molecule has 33 heavy (non-hydrogen) atoms. The molecule has 3 aromatic carbocycles. The zero-order valence-corrected chi connectivity index (χ0v) is 20.8. The normalized spacial score (nSPS) is 12.7. The van der Waals surface area contributed by atoms with Gasteiger partial charge in [0.05, 0.1) is 20.4 Å². The zero-order valence-electron chi connectivity index (χ0n) is 16.4. The molecule has 0 radical (unpaired) electrons. The first kappa shape index (κ1) is 27.1. The number of benzene rings is 3. The van der Waals surface area contributed by atoms with Gasteiger partial charge in [0.15, 0.2) is 5.75 Å². The first-order valence-corrected chi connectivity index (χ1v) is 12.3. The maximum Gasteiger partial charge on any atom is 1.00 e. The molecule has 170 valence electrons. The van der Waals surface area contributed by atoms with E-state index in [-0.39, 0.29) is 46.0 Å². The smallest absolute Gasteiger partial charge is 0.744 e. The molecule has 17 heteroatoms. The van der Waals surface area contributed by atoms with Gasteiger partial charge in [0.25, 0.3) is 0 Å². The average Bonchev–Trinajstić information content (AvgIpc) is 2.64. The van der Waals surface area contributed by atoms with Crippen LogP contribution in [0.25, 0.3) is 10.8 Å². The molecule has 0 spiro atoms. The molecule has 0 fully saturated rings. The summed E-state index contributed by atoms with van der Waals surface area (Å²) >= 11 is 0. The van der Waals surface area contributed by atoms with Gasteiger partial charge in [-0.2, -0.15) is 5.11 Å². The Labute approximate surface area is 209 Å². The average molecular weight is 523 g/mol. The van der Waals surface area contributed by atoms with Gasteiger partial charge in [0.1, 0.15) is 36.0 Å². The van der Waals surface area contributed by atoms with E-state index in [0.29, 0.717) is 6.07 Å². The number of hydrogen-bond acceptors (Lipinski definition) is 13. The first-order valence-electron chi connectivity index (χ1n) is 8.08. The van der Waals surface area contributed by atoms with Crippen LogP contribution in [-0.4, -0.2) is 44.0 Å². The fourth-order valence-corrected chi connectivity index (χ4v) is 4.37. The third kappa shape index (κ3) is 5.86. The van der Waals surface area contributed by atoms with Crippen molar-refractivity contribution < 1.29 is 73.6 Å². The summed E-state index contributed by atoms with van der Waals surface area (Å²) in [6.45, 7) is 0. The molecule has 0 heterocycles. The number of nitrogen functional groups attached to an aromatic ring is 1. The van der Waals surface area contributed by atoms with Crippen molar-refractivity contribution in [2.24, 2.45) is 10.2 Å². The van der Waals surface area contributed by atoms with Crippen LogP contribution in [0.15, 0.2) is 67.4 Å². The summed E-state index contributed by atoms with van der Waals surface area (Å²) in [7, 11) is -15.0. The minimum atomic E-state index is -5.29. The van der Waals surface area contributed by atoms with Crippen molar-refractivity contribution in [1.82, 2.24) is 0 Å². The fourth-order valence-electron chi connectivity index (χ4n) is 2.71. The van der Waals surface area contributed by atoms with E-state index in [1.165, 1.54) is 0 Å². The molecule has 0 aromatic heterocycles. The molecular weight excluding hydrogens is 513 g/mol. The van der Waals surface area contributed by atoms with Gasteiger partial charge >= 0.3 is 29.6 Å². The topological polar surface area (TPSA) is 243 Å². The van der Waals surface area contributed by atoms with E-state index in [0.717, 1.165) is 36.4 Å². The summed E-state index contributed by atoms with van der Waals surface area (Å²) in [4.78, 5) is -2.48. The van der Waals surface area contributed by atoms with Gasteiger partial charge in [-0.15, -0.1) is 5.11 Å². The van der Waals surface area contributed by atoms with Crippen LogP contribution in [0.4, 0.5) is 17.1 Å². The minimum absolute atomic E-state index is 0. The molecule has 0 saturated heterocycles. The summed E-state index contributed by atoms with van der Waals surface area (Å²) in [5.74, 6) is -0.938. The first-order chi connectivity index (χ1) is 14.6. The Kier molecular flexibility index (Phi) is 7.59. The number of phenols is 1. The monoisotopic (exact) mass is 523 g/mol. The van der Waals surface area contributed by atoms with Crippen molar-refractivity contribution in [2.75, 3.05) is 5.73 Å². The summed E-state index contributed by atoms with van der Waals surface area (Å²) in [5, 5.41) is 17.0. The number of azo groups is 1. The summed E-state index contributed by atoms with van der Waals surface area (Å²) in [6.07, 6.45) is 0. The minimum Gasteiger partial charge on any atom is -0.744 e. The number of anilines is 1. The summed E-state index contributed by atoms with van der Waals surface area (Å²) < 4.78 is 102.